The van der Waals surface area contributed by atoms with Crippen LogP contribution in [-0.2, 0) is 9.53 Å². The van der Waals surface area contributed by atoms with E-state index in [0.29, 0.717) is 5.92 Å². The number of aromatic nitrogens is 1. The molecule has 4 heteroatoms. The lowest BCUT2D eigenvalue weighted by molar-refractivity contribution is -0.155. The summed E-state index contributed by atoms with van der Waals surface area (Å²) in [7, 11) is 0. The molecule has 3 nitrogen and oxygen atoms in total. The van der Waals surface area contributed by atoms with Gasteiger partial charge in [0.15, 0.2) is 0 Å². The maximum Gasteiger partial charge on any atom is 0.309 e. The molecule has 0 unspecified atom stereocenters. The van der Waals surface area contributed by atoms with Crippen molar-refractivity contribution in [1.29, 1.82) is 0 Å². The van der Waals surface area contributed by atoms with Gasteiger partial charge in [0.05, 0.1) is 5.92 Å². The topological polar surface area (TPSA) is 39.2 Å². The fourth-order valence-corrected chi connectivity index (χ4v) is 3.68. The Morgan fingerprint density at radius 2 is 1.96 bits per heavy atom. The first-order valence-corrected chi connectivity index (χ1v) is 8.45. The van der Waals surface area contributed by atoms with Crippen LogP contribution in [0.5, 0.6) is 0 Å². The highest BCUT2D eigenvalue weighted by molar-refractivity contribution is 6.31. The van der Waals surface area contributed by atoms with Crippen LogP contribution in [0.25, 0.3) is 0 Å². The predicted molar refractivity (Wildman–Crippen MR) is 88.4 cm³/mol. The van der Waals surface area contributed by atoms with Crippen molar-refractivity contribution in [2.45, 2.75) is 37.2 Å². The molecule has 0 saturated heterocycles. The number of rotatable bonds is 4. The van der Waals surface area contributed by atoms with Crippen LogP contribution >= 0.6 is 11.6 Å². The molecule has 23 heavy (non-hydrogen) atoms. The molecule has 1 aromatic heterocycles. The van der Waals surface area contributed by atoms with Crippen molar-refractivity contribution in [3.8, 4) is 0 Å². The second-order valence-electron chi connectivity index (χ2n) is 6.48. The Kier molecular flexibility index (Phi) is 3.82. The highest BCUT2D eigenvalue weighted by Gasteiger charge is 2.47. The average molecular weight is 328 g/mol. The standard InChI is InChI=1S/C19H18ClNO2/c20-18-6-2-1-5-15(18)13-8-14(9-13)23-19(22)17-10-16(17)12-4-3-7-21-11-12/h1-7,11,13-14,16-17H,8-10H2/t13?,14?,16-,17+/m0/s1. The largest absolute Gasteiger partial charge is 0.462 e. The second-order valence-corrected chi connectivity index (χ2v) is 6.89. The van der Waals surface area contributed by atoms with Crippen LogP contribution in [0.3, 0.4) is 0 Å². The molecule has 0 aliphatic heterocycles. The lowest BCUT2D eigenvalue weighted by Crippen LogP contribution is -2.32. The number of ether oxygens (including phenoxy) is 1. The minimum Gasteiger partial charge on any atom is -0.462 e. The first kappa shape index (κ1) is 14.7. The van der Waals surface area contributed by atoms with E-state index in [1.807, 2.05) is 36.5 Å². The zero-order valence-electron chi connectivity index (χ0n) is 12.7. The van der Waals surface area contributed by atoms with Gasteiger partial charge < -0.3 is 4.74 Å². The van der Waals surface area contributed by atoms with Gasteiger partial charge >= 0.3 is 5.97 Å². The number of carbonyl (C=O) groups excluding carboxylic acids is 1. The third-order valence-electron chi connectivity index (χ3n) is 4.93. The Morgan fingerprint density at radius 1 is 1.13 bits per heavy atom. The molecule has 2 aliphatic carbocycles. The molecular weight excluding hydrogens is 310 g/mol. The minimum absolute atomic E-state index is 0.0126. The summed E-state index contributed by atoms with van der Waals surface area (Å²) >= 11 is 6.22. The third kappa shape index (κ3) is 2.98. The molecule has 0 bridgehead atoms. The molecule has 2 aliphatic rings. The molecule has 0 spiro atoms. The molecule has 118 valence electrons. The predicted octanol–water partition coefficient (Wildman–Crippen LogP) is 4.33. The smallest absolute Gasteiger partial charge is 0.309 e. The van der Waals surface area contributed by atoms with Gasteiger partial charge in [-0.1, -0.05) is 35.9 Å². The van der Waals surface area contributed by atoms with E-state index in [0.717, 1.165) is 29.8 Å². The number of carbonyl (C=O) groups is 1. The summed E-state index contributed by atoms with van der Waals surface area (Å²) in [5.41, 5.74) is 2.30. The number of hydrogen-bond donors (Lipinski definition) is 0. The number of esters is 1. The summed E-state index contributed by atoms with van der Waals surface area (Å²) in [6.45, 7) is 0. The van der Waals surface area contributed by atoms with Gasteiger partial charge in [0.25, 0.3) is 0 Å². The molecule has 1 aromatic carbocycles. The molecular formula is C19H18ClNO2. The first-order chi connectivity index (χ1) is 11.2. The quantitative estimate of drug-likeness (QED) is 0.785. The van der Waals surface area contributed by atoms with Gasteiger partial charge in [-0.2, -0.15) is 0 Å². The second kappa shape index (κ2) is 5.97. The number of nitrogens with zero attached hydrogens (tertiary/aromatic N) is 1. The Bertz CT molecular complexity index is 712. The zero-order valence-corrected chi connectivity index (χ0v) is 13.4. The molecule has 0 radical (unpaired) electrons. The number of benzene rings is 1. The van der Waals surface area contributed by atoms with Gasteiger partial charge in [-0.25, -0.2) is 0 Å². The molecule has 2 saturated carbocycles. The van der Waals surface area contributed by atoms with Gasteiger partial charge in [0.2, 0.25) is 0 Å². The molecule has 2 aromatic rings. The Balaban J connectivity index is 1.28. The Hall–Kier alpha value is -1.87. The van der Waals surface area contributed by atoms with Crippen LogP contribution in [0.2, 0.25) is 5.02 Å². The third-order valence-corrected chi connectivity index (χ3v) is 5.27. The van der Waals surface area contributed by atoms with E-state index in [-0.39, 0.29) is 23.9 Å². The average Bonchev–Trinajstić information content (AvgIpc) is 3.33. The van der Waals surface area contributed by atoms with E-state index in [4.69, 9.17) is 16.3 Å². The van der Waals surface area contributed by atoms with Crippen LogP contribution in [0, 0.1) is 5.92 Å². The number of halogens is 1. The lowest BCUT2D eigenvalue weighted by atomic mass is 9.77. The fraction of sp³-hybridized carbons (Fsp3) is 0.368. The van der Waals surface area contributed by atoms with Gasteiger partial charge in [-0.3, -0.25) is 9.78 Å². The SMILES string of the molecule is O=C(OC1CC(c2ccccc2Cl)C1)[C@@H]1C[C@H]1c1cccnc1. The van der Waals surface area contributed by atoms with Gasteiger partial charge in [0, 0.05) is 17.4 Å². The van der Waals surface area contributed by atoms with Crippen LogP contribution < -0.4 is 0 Å². The zero-order chi connectivity index (χ0) is 15.8. The van der Waals surface area contributed by atoms with E-state index in [1.54, 1.807) is 6.20 Å². The van der Waals surface area contributed by atoms with Crippen molar-refractivity contribution in [3.05, 3.63) is 64.9 Å². The summed E-state index contributed by atoms with van der Waals surface area (Å²) < 4.78 is 5.65. The normalized spacial score (nSPS) is 28.7. The number of hydrogen-bond acceptors (Lipinski definition) is 3. The Morgan fingerprint density at radius 3 is 2.70 bits per heavy atom. The van der Waals surface area contributed by atoms with E-state index in [1.165, 1.54) is 5.56 Å². The van der Waals surface area contributed by atoms with Crippen molar-refractivity contribution in [2.24, 2.45) is 5.92 Å². The maximum absolute atomic E-state index is 12.2. The van der Waals surface area contributed by atoms with Crippen LogP contribution in [0.4, 0.5) is 0 Å². The maximum atomic E-state index is 12.2. The van der Waals surface area contributed by atoms with E-state index in [9.17, 15) is 4.79 Å². The Labute approximate surface area is 140 Å². The van der Waals surface area contributed by atoms with Gasteiger partial charge in [-0.15, -0.1) is 0 Å². The van der Waals surface area contributed by atoms with Crippen LogP contribution in [-0.4, -0.2) is 17.1 Å². The number of pyridine rings is 1. The van der Waals surface area contributed by atoms with E-state index >= 15 is 0 Å². The van der Waals surface area contributed by atoms with Crippen molar-refractivity contribution >= 4 is 17.6 Å². The van der Waals surface area contributed by atoms with Crippen LogP contribution in [0.15, 0.2) is 48.8 Å². The molecule has 2 atom stereocenters. The van der Waals surface area contributed by atoms with E-state index in [2.05, 4.69) is 11.1 Å². The molecule has 2 fully saturated rings. The molecule has 0 amide bonds. The summed E-state index contributed by atoms with van der Waals surface area (Å²) in [6.07, 6.45) is 6.26. The molecule has 1 heterocycles. The first-order valence-electron chi connectivity index (χ1n) is 8.07. The highest BCUT2D eigenvalue weighted by atomic mass is 35.5. The monoisotopic (exact) mass is 327 g/mol. The summed E-state index contributed by atoms with van der Waals surface area (Å²) in [6, 6.07) is 11.9. The van der Waals surface area contributed by atoms with Crippen molar-refractivity contribution in [1.82, 2.24) is 4.98 Å². The van der Waals surface area contributed by atoms with Crippen molar-refractivity contribution < 1.29 is 9.53 Å². The van der Waals surface area contributed by atoms with Gasteiger partial charge in [0.1, 0.15) is 6.10 Å². The minimum atomic E-state index is -0.0542. The van der Waals surface area contributed by atoms with Crippen molar-refractivity contribution in [2.75, 3.05) is 0 Å². The summed E-state index contributed by atoms with van der Waals surface area (Å²) in [5.74, 6) is 0.658. The summed E-state index contributed by atoms with van der Waals surface area (Å²) in [5, 5.41) is 0.807. The van der Waals surface area contributed by atoms with E-state index < -0.39 is 0 Å². The molecule has 4 rings (SSSR count). The van der Waals surface area contributed by atoms with Crippen molar-refractivity contribution in [3.63, 3.8) is 0 Å². The highest BCUT2D eigenvalue weighted by Crippen LogP contribution is 2.49. The summed E-state index contributed by atoms with van der Waals surface area (Å²) in [4.78, 5) is 16.3. The fourth-order valence-electron chi connectivity index (χ4n) is 3.39. The van der Waals surface area contributed by atoms with Gasteiger partial charge in [-0.05, 0) is 54.4 Å². The molecule has 0 N–H and O–H groups in total. The van der Waals surface area contributed by atoms with Crippen LogP contribution in [0.1, 0.15) is 42.2 Å². The lowest BCUT2D eigenvalue weighted by Gasteiger charge is -2.35.